The molecule has 0 amide bonds. The monoisotopic (exact) mass is 328 g/mol. The Morgan fingerprint density at radius 2 is 1.82 bits per heavy atom. The summed E-state index contributed by atoms with van der Waals surface area (Å²) < 4.78 is 17.9. The Hall–Kier alpha value is -0.393. The zero-order chi connectivity index (χ0) is 15.8. The lowest BCUT2D eigenvalue weighted by atomic mass is 9.87. The second kappa shape index (κ2) is 9.04. The summed E-state index contributed by atoms with van der Waals surface area (Å²) in [6, 6.07) is 0.794. The highest BCUT2D eigenvalue weighted by Gasteiger charge is 2.54. The molecule has 5 heteroatoms. The third-order valence-corrected chi connectivity index (χ3v) is 7.66. The average molecular weight is 329 g/mol. The predicted molar refractivity (Wildman–Crippen MR) is 88.5 cm³/mol. The van der Waals surface area contributed by atoms with Crippen molar-refractivity contribution in [2.45, 2.75) is 90.2 Å². The summed E-state index contributed by atoms with van der Waals surface area (Å²) >= 11 is 0. The molecule has 1 aliphatic heterocycles. The van der Waals surface area contributed by atoms with Crippen LogP contribution in [0.15, 0.2) is 0 Å². The first-order valence-corrected chi connectivity index (χ1v) is 11.2. The van der Waals surface area contributed by atoms with E-state index in [9.17, 15) is 4.79 Å². The molecule has 2 fully saturated rings. The van der Waals surface area contributed by atoms with Crippen molar-refractivity contribution in [3.05, 3.63) is 0 Å². The summed E-state index contributed by atoms with van der Waals surface area (Å²) in [6.45, 7) is 4.75. The largest absolute Gasteiger partial charge is 0.568 e. The summed E-state index contributed by atoms with van der Waals surface area (Å²) in [5.74, 6) is -0.0959. The van der Waals surface area contributed by atoms with E-state index in [0.29, 0.717) is 6.61 Å². The fourth-order valence-corrected chi connectivity index (χ4v) is 6.44. The fraction of sp³-hybridized carbons (Fsp3) is 0.941. The Bertz CT molecular complexity index is 350. The average Bonchev–Trinajstić information content (AvgIpc) is 2.51. The molecule has 2 rings (SSSR count). The molecular weight excluding hydrogens is 296 g/mol. The van der Waals surface area contributed by atoms with E-state index in [1.54, 1.807) is 0 Å². The molecule has 1 saturated heterocycles. The van der Waals surface area contributed by atoms with Crippen LogP contribution < -0.4 is 0 Å². The van der Waals surface area contributed by atoms with Crippen LogP contribution in [0.2, 0.25) is 6.04 Å². The highest BCUT2D eigenvalue weighted by atomic mass is 28.4. The molecule has 0 spiro atoms. The molecule has 4 nitrogen and oxygen atoms in total. The molecule has 128 valence electrons. The number of rotatable bonds is 9. The maximum absolute atomic E-state index is 12.3. The standard InChI is InChI=1S/C17H32O4Si/c1-3-5-6-7-8-11-14-22(19-4-2)20-16-13-10-9-12-15(16)17(18)21-22/h15-16H,3-14H2,1-2H3. The maximum atomic E-state index is 12.3. The molecule has 0 aromatic heterocycles. The zero-order valence-electron chi connectivity index (χ0n) is 14.3. The van der Waals surface area contributed by atoms with Crippen LogP contribution in [0.4, 0.5) is 0 Å². The third kappa shape index (κ3) is 4.80. The first kappa shape index (κ1) is 18.0. The van der Waals surface area contributed by atoms with Gasteiger partial charge < -0.3 is 13.3 Å². The normalized spacial score (nSPS) is 31.6. The molecule has 3 atom stereocenters. The van der Waals surface area contributed by atoms with E-state index >= 15 is 0 Å². The van der Waals surface area contributed by atoms with E-state index in [4.69, 9.17) is 13.3 Å². The molecule has 3 unspecified atom stereocenters. The predicted octanol–water partition coefficient (Wildman–Crippen LogP) is 4.45. The smallest absolute Gasteiger partial charge is 0.473 e. The van der Waals surface area contributed by atoms with Crippen LogP contribution in [0.5, 0.6) is 0 Å². The van der Waals surface area contributed by atoms with E-state index in [0.717, 1.165) is 38.1 Å². The molecule has 1 heterocycles. The SMILES string of the molecule is CCCCCCCC[Si]1(OCC)OC(=O)C2CCCCC2O1. The number of hydrogen-bond donors (Lipinski definition) is 0. The second-order valence-corrected chi connectivity index (χ2v) is 9.20. The van der Waals surface area contributed by atoms with Gasteiger partial charge in [-0.25, -0.2) is 0 Å². The van der Waals surface area contributed by atoms with Crippen LogP contribution in [0.25, 0.3) is 0 Å². The van der Waals surface area contributed by atoms with Gasteiger partial charge in [0.15, 0.2) is 0 Å². The highest BCUT2D eigenvalue weighted by Crippen LogP contribution is 2.37. The van der Waals surface area contributed by atoms with Crippen LogP contribution >= 0.6 is 0 Å². The molecule has 0 aromatic rings. The van der Waals surface area contributed by atoms with Crippen LogP contribution in [0.3, 0.4) is 0 Å². The summed E-state index contributed by atoms with van der Waals surface area (Å²) in [5, 5.41) is 0. The van der Waals surface area contributed by atoms with Crippen molar-refractivity contribution in [1.29, 1.82) is 0 Å². The number of hydrogen-bond acceptors (Lipinski definition) is 4. The first-order valence-electron chi connectivity index (χ1n) is 9.25. The van der Waals surface area contributed by atoms with E-state index < -0.39 is 8.80 Å². The van der Waals surface area contributed by atoms with Gasteiger partial charge in [0.05, 0.1) is 12.0 Å². The van der Waals surface area contributed by atoms with Crippen LogP contribution in [0.1, 0.15) is 78.1 Å². The third-order valence-electron chi connectivity index (χ3n) is 4.79. The summed E-state index contributed by atoms with van der Waals surface area (Å²) in [4.78, 5) is 12.3. The Morgan fingerprint density at radius 3 is 2.59 bits per heavy atom. The van der Waals surface area contributed by atoms with Crippen molar-refractivity contribution < 1.29 is 18.1 Å². The summed E-state index contributed by atoms with van der Waals surface area (Å²) in [6.07, 6.45) is 11.6. The van der Waals surface area contributed by atoms with E-state index in [1.165, 1.54) is 32.1 Å². The molecule has 2 aliphatic rings. The van der Waals surface area contributed by atoms with Gasteiger partial charge in [-0.1, -0.05) is 51.9 Å². The van der Waals surface area contributed by atoms with Gasteiger partial charge in [0.1, 0.15) is 0 Å². The molecular formula is C17H32O4Si. The molecule has 1 saturated carbocycles. The van der Waals surface area contributed by atoms with Crippen molar-refractivity contribution in [2.24, 2.45) is 5.92 Å². The van der Waals surface area contributed by atoms with Crippen molar-refractivity contribution in [1.82, 2.24) is 0 Å². The van der Waals surface area contributed by atoms with E-state index in [2.05, 4.69) is 6.92 Å². The lowest BCUT2D eigenvalue weighted by Gasteiger charge is -2.42. The number of fused-ring (bicyclic) bond motifs is 1. The molecule has 0 bridgehead atoms. The first-order chi connectivity index (χ1) is 10.7. The van der Waals surface area contributed by atoms with Gasteiger partial charge in [-0.3, -0.25) is 4.79 Å². The van der Waals surface area contributed by atoms with Crippen molar-refractivity contribution in [3.8, 4) is 0 Å². The van der Waals surface area contributed by atoms with Gasteiger partial charge in [0.25, 0.3) is 0 Å². The molecule has 0 radical (unpaired) electrons. The van der Waals surface area contributed by atoms with Crippen molar-refractivity contribution in [3.63, 3.8) is 0 Å². The van der Waals surface area contributed by atoms with E-state index in [1.807, 2.05) is 6.92 Å². The minimum absolute atomic E-state index is 0.0422. The van der Waals surface area contributed by atoms with Gasteiger partial charge in [0.2, 0.25) is 0 Å². The number of unbranched alkanes of at least 4 members (excludes halogenated alkanes) is 5. The minimum Gasteiger partial charge on any atom is -0.473 e. The Kier molecular flexibility index (Phi) is 7.37. The van der Waals surface area contributed by atoms with Crippen molar-refractivity contribution >= 4 is 14.8 Å². The number of carbonyl (C=O) groups excluding carboxylic acids is 1. The van der Waals surface area contributed by atoms with Crippen LogP contribution in [-0.4, -0.2) is 27.5 Å². The molecule has 22 heavy (non-hydrogen) atoms. The van der Waals surface area contributed by atoms with Crippen molar-refractivity contribution in [2.75, 3.05) is 6.61 Å². The lowest BCUT2D eigenvalue weighted by Crippen LogP contribution is -2.58. The summed E-state index contributed by atoms with van der Waals surface area (Å²) in [5.41, 5.74) is 0. The van der Waals surface area contributed by atoms with Gasteiger partial charge in [-0.2, -0.15) is 0 Å². The topological polar surface area (TPSA) is 44.8 Å². The Labute approximate surface area is 136 Å². The highest BCUT2D eigenvalue weighted by molar-refractivity contribution is 6.62. The molecule has 0 N–H and O–H groups in total. The second-order valence-electron chi connectivity index (χ2n) is 6.60. The van der Waals surface area contributed by atoms with Gasteiger partial charge in [0, 0.05) is 12.7 Å². The molecule has 1 aliphatic carbocycles. The van der Waals surface area contributed by atoms with Gasteiger partial charge >= 0.3 is 14.8 Å². The van der Waals surface area contributed by atoms with Gasteiger partial charge in [-0.05, 0) is 26.2 Å². The fourth-order valence-electron chi connectivity index (χ4n) is 3.58. The number of carbonyl (C=O) groups is 1. The Balaban J connectivity index is 1.86. The van der Waals surface area contributed by atoms with E-state index in [-0.39, 0.29) is 18.0 Å². The summed E-state index contributed by atoms with van der Waals surface area (Å²) in [7, 11) is -2.77. The minimum atomic E-state index is -2.77. The molecule has 0 aromatic carbocycles. The lowest BCUT2D eigenvalue weighted by molar-refractivity contribution is -0.160. The van der Waals surface area contributed by atoms with Crippen LogP contribution in [0, 0.1) is 5.92 Å². The zero-order valence-corrected chi connectivity index (χ0v) is 15.3. The van der Waals surface area contributed by atoms with Gasteiger partial charge in [-0.15, -0.1) is 0 Å². The van der Waals surface area contributed by atoms with Crippen LogP contribution in [-0.2, 0) is 18.1 Å². The maximum Gasteiger partial charge on any atom is 0.568 e. The Morgan fingerprint density at radius 1 is 1.09 bits per heavy atom. The quantitative estimate of drug-likeness (QED) is 0.463.